The minimum Gasteiger partial charge on any atom is -0.493 e. The molecule has 7 heteroatoms. The number of amides is 1. The summed E-state index contributed by atoms with van der Waals surface area (Å²) in [4.78, 5) is 24.2. The number of carbonyl (C=O) groups is 1. The number of nitrogens with zero attached hydrogens (tertiary/aromatic N) is 2. The molecule has 1 atom stereocenters. The van der Waals surface area contributed by atoms with Crippen LogP contribution < -0.4 is 14.8 Å². The van der Waals surface area contributed by atoms with Gasteiger partial charge < -0.3 is 19.8 Å². The number of imidazole rings is 1. The summed E-state index contributed by atoms with van der Waals surface area (Å²) in [6, 6.07) is 7.76. The Morgan fingerprint density at radius 3 is 2.94 bits per heavy atom. The van der Waals surface area contributed by atoms with Crippen LogP contribution in [0.5, 0.6) is 17.2 Å². The fourth-order valence-corrected chi connectivity index (χ4v) is 4.89. The second kappa shape index (κ2) is 8.48. The minimum absolute atomic E-state index is 0.0128. The Hall–Kier alpha value is -3.87. The van der Waals surface area contributed by atoms with Gasteiger partial charge in [-0.2, -0.15) is 0 Å². The molecular formula is C27H26N4O3. The molecule has 0 radical (unpaired) electrons. The Labute approximate surface area is 197 Å². The van der Waals surface area contributed by atoms with E-state index in [-0.39, 0.29) is 11.8 Å². The molecule has 1 unspecified atom stereocenters. The number of aromatic nitrogens is 3. The molecule has 3 aliphatic rings. The molecule has 4 heterocycles. The van der Waals surface area contributed by atoms with Gasteiger partial charge in [0.25, 0.3) is 0 Å². The second-order valence-corrected chi connectivity index (χ2v) is 9.03. The number of nitrogens with one attached hydrogen (secondary N) is 2. The number of aromatic amines is 1. The summed E-state index contributed by atoms with van der Waals surface area (Å²) in [5.41, 5.74) is 5.64. The van der Waals surface area contributed by atoms with Crippen LogP contribution in [0.25, 0.3) is 5.57 Å². The average molecular weight is 455 g/mol. The van der Waals surface area contributed by atoms with Gasteiger partial charge >= 0.3 is 0 Å². The lowest BCUT2D eigenvalue weighted by atomic mass is 9.95. The van der Waals surface area contributed by atoms with Crippen molar-refractivity contribution in [1.82, 2.24) is 15.0 Å². The Bertz CT molecular complexity index is 1340. The largest absolute Gasteiger partial charge is 0.493 e. The number of rotatable bonds is 4. The van der Waals surface area contributed by atoms with E-state index >= 15 is 0 Å². The van der Waals surface area contributed by atoms with Crippen LogP contribution in [-0.2, 0) is 17.6 Å². The third-order valence-electron chi connectivity index (χ3n) is 6.70. The number of carbonyl (C=O) groups excluding carboxylic acids is 1. The predicted molar refractivity (Wildman–Crippen MR) is 129 cm³/mol. The van der Waals surface area contributed by atoms with Crippen LogP contribution in [0.15, 0.2) is 54.4 Å². The van der Waals surface area contributed by atoms with E-state index in [2.05, 4.69) is 34.4 Å². The Balaban J connectivity index is 1.22. The molecule has 3 aromatic rings. The van der Waals surface area contributed by atoms with Crippen molar-refractivity contribution in [3.63, 3.8) is 0 Å². The van der Waals surface area contributed by atoms with E-state index in [9.17, 15) is 4.79 Å². The normalized spacial score (nSPS) is 19.2. The molecule has 1 amide bonds. The van der Waals surface area contributed by atoms with Gasteiger partial charge in [-0.3, -0.25) is 4.79 Å². The van der Waals surface area contributed by atoms with Gasteiger partial charge in [-0.25, -0.2) is 9.97 Å². The fraction of sp³-hybridized carbons (Fsp3) is 0.296. The van der Waals surface area contributed by atoms with Crippen LogP contribution in [0.4, 0.5) is 5.82 Å². The quantitative estimate of drug-likeness (QED) is 0.557. The van der Waals surface area contributed by atoms with Gasteiger partial charge in [0.1, 0.15) is 28.9 Å². The lowest BCUT2D eigenvalue weighted by Gasteiger charge is -2.25. The standard InChI is InChI=1S/C27H26N4O3/c1-16-4-2-3-5-20(16)22-14-29-26(30-22)18-12-17-13-19(6-8-23(17)33-15-18)34-24-10-11-28-27-21(24)7-9-25(32)31-27/h4-6,8,10-11,13-14,18H,2-3,7,9,12,15H2,1H3,(H,29,30)(H,28,31,32). The number of ether oxygens (including phenoxy) is 2. The van der Waals surface area contributed by atoms with Crippen molar-refractivity contribution in [2.45, 2.75) is 44.9 Å². The molecule has 0 fully saturated rings. The van der Waals surface area contributed by atoms with Crippen LogP contribution in [-0.4, -0.2) is 27.5 Å². The molecule has 172 valence electrons. The second-order valence-electron chi connectivity index (χ2n) is 9.03. The predicted octanol–water partition coefficient (Wildman–Crippen LogP) is 5.32. The SMILES string of the molecule is CC1=CCCC=C1c1cnc(C2COc3ccc(Oc4ccnc5c4CCC(=O)N5)cc3C2)[nH]1. The Kier molecular flexibility index (Phi) is 5.17. The van der Waals surface area contributed by atoms with Gasteiger partial charge in [0.15, 0.2) is 0 Å². The van der Waals surface area contributed by atoms with Gasteiger partial charge in [-0.15, -0.1) is 0 Å². The average Bonchev–Trinajstić information content (AvgIpc) is 3.34. The van der Waals surface area contributed by atoms with E-state index in [1.807, 2.05) is 30.5 Å². The van der Waals surface area contributed by atoms with Crippen molar-refractivity contribution in [2.75, 3.05) is 11.9 Å². The molecule has 2 aliphatic heterocycles. The molecule has 0 saturated carbocycles. The van der Waals surface area contributed by atoms with E-state index < -0.39 is 0 Å². The van der Waals surface area contributed by atoms with E-state index in [1.54, 1.807) is 6.20 Å². The summed E-state index contributed by atoms with van der Waals surface area (Å²) in [6.07, 6.45) is 12.2. The number of pyridine rings is 1. The molecule has 0 saturated heterocycles. The molecule has 7 nitrogen and oxygen atoms in total. The highest BCUT2D eigenvalue weighted by molar-refractivity contribution is 5.93. The molecular weight excluding hydrogens is 428 g/mol. The van der Waals surface area contributed by atoms with Gasteiger partial charge in [-0.05, 0) is 73.6 Å². The number of hydrogen-bond acceptors (Lipinski definition) is 5. The monoisotopic (exact) mass is 454 g/mol. The van der Waals surface area contributed by atoms with Crippen LogP contribution in [0.1, 0.15) is 54.7 Å². The van der Waals surface area contributed by atoms with Crippen molar-refractivity contribution < 1.29 is 14.3 Å². The van der Waals surface area contributed by atoms with Crippen molar-refractivity contribution in [3.8, 4) is 17.2 Å². The maximum absolute atomic E-state index is 11.7. The highest BCUT2D eigenvalue weighted by Gasteiger charge is 2.26. The summed E-state index contributed by atoms with van der Waals surface area (Å²) in [6.45, 7) is 2.74. The van der Waals surface area contributed by atoms with Crippen LogP contribution in [0.2, 0.25) is 0 Å². The minimum atomic E-state index is -0.0128. The number of anilines is 1. The van der Waals surface area contributed by atoms with Gasteiger partial charge in [-0.1, -0.05) is 12.2 Å². The highest BCUT2D eigenvalue weighted by Crippen LogP contribution is 2.38. The number of fused-ring (bicyclic) bond motifs is 2. The molecule has 2 N–H and O–H groups in total. The van der Waals surface area contributed by atoms with E-state index in [0.717, 1.165) is 59.2 Å². The first-order chi connectivity index (χ1) is 16.6. The number of H-pyrrole nitrogens is 1. The molecule has 0 spiro atoms. The number of hydrogen-bond donors (Lipinski definition) is 2. The lowest BCUT2D eigenvalue weighted by molar-refractivity contribution is -0.116. The zero-order valence-corrected chi connectivity index (χ0v) is 19.1. The molecule has 0 bridgehead atoms. The van der Waals surface area contributed by atoms with Crippen molar-refractivity contribution in [3.05, 3.63) is 77.0 Å². The fourth-order valence-electron chi connectivity index (χ4n) is 4.89. The molecule has 2 aromatic heterocycles. The first kappa shape index (κ1) is 20.7. The van der Waals surface area contributed by atoms with Crippen molar-refractivity contribution in [1.29, 1.82) is 0 Å². The van der Waals surface area contributed by atoms with Crippen molar-refractivity contribution in [2.24, 2.45) is 0 Å². The third-order valence-corrected chi connectivity index (χ3v) is 6.70. The first-order valence-electron chi connectivity index (χ1n) is 11.8. The number of benzene rings is 1. The summed E-state index contributed by atoms with van der Waals surface area (Å²) < 4.78 is 12.3. The van der Waals surface area contributed by atoms with E-state index in [0.29, 0.717) is 25.3 Å². The summed E-state index contributed by atoms with van der Waals surface area (Å²) in [5.74, 6) is 4.01. The smallest absolute Gasteiger partial charge is 0.225 e. The summed E-state index contributed by atoms with van der Waals surface area (Å²) in [5, 5.41) is 2.82. The van der Waals surface area contributed by atoms with Crippen LogP contribution in [0, 0.1) is 0 Å². The van der Waals surface area contributed by atoms with Crippen LogP contribution >= 0.6 is 0 Å². The summed E-state index contributed by atoms with van der Waals surface area (Å²) >= 11 is 0. The highest BCUT2D eigenvalue weighted by atomic mass is 16.5. The van der Waals surface area contributed by atoms with Gasteiger partial charge in [0.2, 0.25) is 5.91 Å². The molecule has 1 aromatic carbocycles. The maximum Gasteiger partial charge on any atom is 0.225 e. The Morgan fingerprint density at radius 2 is 2.03 bits per heavy atom. The van der Waals surface area contributed by atoms with Gasteiger partial charge in [0, 0.05) is 18.2 Å². The molecule has 34 heavy (non-hydrogen) atoms. The van der Waals surface area contributed by atoms with Gasteiger partial charge in [0.05, 0.1) is 24.4 Å². The topological polar surface area (TPSA) is 89.1 Å². The lowest BCUT2D eigenvalue weighted by Crippen LogP contribution is -2.21. The third kappa shape index (κ3) is 3.87. The summed E-state index contributed by atoms with van der Waals surface area (Å²) in [7, 11) is 0. The number of allylic oxidation sites excluding steroid dienone is 4. The first-order valence-corrected chi connectivity index (χ1v) is 11.8. The zero-order chi connectivity index (χ0) is 23.1. The van der Waals surface area contributed by atoms with E-state index in [1.165, 1.54) is 11.1 Å². The molecule has 1 aliphatic carbocycles. The maximum atomic E-state index is 11.7. The molecule has 6 rings (SSSR count). The van der Waals surface area contributed by atoms with E-state index in [4.69, 9.17) is 14.5 Å². The van der Waals surface area contributed by atoms with Crippen molar-refractivity contribution >= 4 is 17.3 Å². The van der Waals surface area contributed by atoms with Crippen LogP contribution in [0.3, 0.4) is 0 Å². The zero-order valence-electron chi connectivity index (χ0n) is 19.1. The Morgan fingerprint density at radius 1 is 1.12 bits per heavy atom.